The second-order valence-electron chi connectivity index (χ2n) is 9.55. The van der Waals surface area contributed by atoms with Crippen molar-refractivity contribution in [1.29, 1.82) is 0 Å². The standard InChI is InChI=1S/C19H36N2.C9H20.C2H6/c1-9-10-11-15(6)21-19(14(4)5)16(7)18(17(8)20)12-13(2)3;1-4-7-8-9(5-2)6-3;1-2/h13,15,21H,4,9-12,20H2,1-3,5-8H3;9H,4-8H2,1-3H3;1-2H3/b18-17?,19-16+;;. The van der Waals surface area contributed by atoms with Crippen molar-refractivity contribution in [3.63, 3.8) is 0 Å². The molecule has 0 rings (SSSR count). The van der Waals surface area contributed by atoms with Crippen LogP contribution in [-0.4, -0.2) is 6.04 Å². The molecule has 0 aromatic heterocycles. The quantitative estimate of drug-likeness (QED) is 0.258. The number of nitrogens with two attached hydrogens (primary N) is 1. The van der Waals surface area contributed by atoms with Crippen LogP contribution < -0.4 is 11.1 Å². The summed E-state index contributed by atoms with van der Waals surface area (Å²) in [5.41, 5.74) is 11.8. The summed E-state index contributed by atoms with van der Waals surface area (Å²) in [4.78, 5) is 0. The van der Waals surface area contributed by atoms with E-state index in [-0.39, 0.29) is 0 Å². The largest absolute Gasteiger partial charge is 0.402 e. The van der Waals surface area contributed by atoms with Gasteiger partial charge in [-0.2, -0.15) is 0 Å². The highest BCUT2D eigenvalue weighted by molar-refractivity contribution is 5.42. The zero-order valence-corrected chi connectivity index (χ0v) is 24.4. The zero-order chi connectivity index (χ0) is 25.7. The van der Waals surface area contributed by atoms with Crippen molar-refractivity contribution < 1.29 is 0 Å². The zero-order valence-electron chi connectivity index (χ0n) is 24.4. The van der Waals surface area contributed by atoms with Gasteiger partial charge in [0.1, 0.15) is 0 Å². The van der Waals surface area contributed by atoms with Crippen LogP contribution >= 0.6 is 0 Å². The lowest BCUT2D eigenvalue weighted by molar-refractivity contribution is 0.438. The van der Waals surface area contributed by atoms with Crippen molar-refractivity contribution in [1.82, 2.24) is 5.32 Å². The first-order chi connectivity index (χ1) is 15.0. The van der Waals surface area contributed by atoms with Crippen LogP contribution in [0.1, 0.15) is 141 Å². The van der Waals surface area contributed by atoms with Crippen molar-refractivity contribution in [2.24, 2.45) is 17.6 Å². The molecule has 2 heteroatoms. The Balaban J connectivity index is -0.000000638. The molecule has 0 amide bonds. The van der Waals surface area contributed by atoms with Crippen LogP contribution in [0.3, 0.4) is 0 Å². The van der Waals surface area contributed by atoms with Crippen LogP contribution in [0.2, 0.25) is 0 Å². The highest BCUT2D eigenvalue weighted by Crippen LogP contribution is 2.25. The number of rotatable bonds is 14. The van der Waals surface area contributed by atoms with Crippen molar-refractivity contribution >= 4 is 0 Å². The lowest BCUT2D eigenvalue weighted by Crippen LogP contribution is -2.27. The van der Waals surface area contributed by atoms with Crippen LogP contribution in [0, 0.1) is 11.8 Å². The number of hydrogen-bond acceptors (Lipinski definition) is 2. The van der Waals surface area contributed by atoms with Crippen LogP contribution in [0.5, 0.6) is 0 Å². The normalized spacial score (nSPS) is 13.3. The van der Waals surface area contributed by atoms with E-state index in [0.717, 1.165) is 23.6 Å². The molecule has 0 aliphatic carbocycles. The van der Waals surface area contributed by atoms with Gasteiger partial charge in [0.15, 0.2) is 0 Å². The molecule has 0 saturated heterocycles. The van der Waals surface area contributed by atoms with E-state index in [0.29, 0.717) is 12.0 Å². The maximum atomic E-state index is 6.12. The van der Waals surface area contributed by atoms with Gasteiger partial charge < -0.3 is 11.1 Å². The Bertz CT molecular complexity index is 503. The number of unbranched alkanes of at least 4 members (excludes halogenated alkanes) is 2. The summed E-state index contributed by atoms with van der Waals surface area (Å²) in [7, 11) is 0. The predicted molar refractivity (Wildman–Crippen MR) is 151 cm³/mol. The number of allylic oxidation sites excluding steroid dienone is 4. The molecule has 32 heavy (non-hydrogen) atoms. The lowest BCUT2D eigenvalue weighted by atomic mass is 9.92. The first-order valence-electron chi connectivity index (χ1n) is 13.6. The minimum absolute atomic E-state index is 0.463. The van der Waals surface area contributed by atoms with E-state index in [1.807, 2.05) is 20.8 Å². The summed E-state index contributed by atoms with van der Waals surface area (Å²) in [5, 5.41) is 3.65. The van der Waals surface area contributed by atoms with Gasteiger partial charge in [-0.25, -0.2) is 0 Å². The Labute approximate surface area is 204 Å². The average molecular weight is 451 g/mol. The summed E-state index contributed by atoms with van der Waals surface area (Å²) >= 11 is 0. The Morgan fingerprint density at radius 2 is 1.31 bits per heavy atom. The van der Waals surface area contributed by atoms with Crippen LogP contribution in [0.4, 0.5) is 0 Å². The fraction of sp³-hybridized carbons (Fsp3) is 0.800. The van der Waals surface area contributed by atoms with Crippen molar-refractivity contribution in [2.75, 3.05) is 0 Å². The molecule has 0 aliphatic rings. The van der Waals surface area contributed by atoms with Crippen LogP contribution in [0.15, 0.2) is 34.7 Å². The van der Waals surface area contributed by atoms with Crippen LogP contribution in [-0.2, 0) is 0 Å². The third-order valence-corrected chi connectivity index (χ3v) is 5.84. The minimum atomic E-state index is 0.463. The first-order valence-corrected chi connectivity index (χ1v) is 13.6. The number of nitrogens with one attached hydrogen (secondary N) is 1. The SMILES string of the molecule is C=C(C)/C(NC(C)CCCC)=C(/C)C(CC(C)C)=C(C)N.CC.CCCCC(CC)CC. The summed E-state index contributed by atoms with van der Waals surface area (Å²) in [6.45, 7) is 30.2. The fourth-order valence-corrected chi connectivity index (χ4v) is 3.74. The van der Waals surface area contributed by atoms with E-state index in [4.69, 9.17) is 5.73 Å². The number of hydrogen-bond donors (Lipinski definition) is 2. The highest BCUT2D eigenvalue weighted by Gasteiger charge is 2.14. The van der Waals surface area contributed by atoms with Gasteiger partial charge in [-0.1, -0.05) is 107 Å². The van der Waals surface area contributed by atoms with Gasteiger partial charge in [0.2, 0.25) is 0 Å². The second kappa shape index (κ2) is 23.0. The monoisotopic (exact) mass is 450 g/mol. The molecule has 1 atom stereocenters. The molecule has 0 bridgehead atoms. The molecule has 0 aromatic carbocycles. The second-order valence-corrected chi connectivity index (χ2v) is 9.55. The van der Waals surface area contributed by atoms with E-state index < -0.39 is 0 Å². The Hall–Kier alpha value is -1.18. The third kappa shape index (κ3) is 18.4. The molecule has 3 N–H and O–H groups in total. The highest BCUT2D eigenvalue weighted by atomic mass is 14.9. The lowest BCUT2D eigenvalue weighted by Gasteiger charge is -2.23. The molecule has 0 radical (unpaired) electrons. The Kier molecular flexibility index (Phi) is 25.4. The van der Waals surface area contributed by atoms with E-state index in [2.05, 4.69) is 74.2 Å². The van der Waals surface area contributed by atoms with Gasteiger partial charge in [-0.15, -0.1) is 0 Å². The Morgan fingerprint density at radius 1 is 0.844 bits per heavy atom. The van der Waals surface area contributed by atoms with E-state index >= 15 is 0 Å². The topological polar surface area (TPSA) is 38.0 Å². The van der Waals surface area contributed by atoms with Gasteiger partial charge in [0.05, 0.1) is 0 Å². The van der Waals surface area contributed by atoms with Gasteiger partial charge in [-0.05, 0) is 69.1 Å². The van der Waals surface area contributed by atoms with Gasteiger partial charge in [0, 0.05) is 17.4 Å². The van der Waals surface area contributed by atoms with Crippen LogP contribution in [0.25, 0.3) is 0 Å². The summed E-state index contributed by atoms with van der Waals surface area (Å²) in [5.74, 6) is 1.60. The fourth-order valence-electron chi connectivity index (χ4n) is 3.74. The summed E-state index contributed by atoms with van der Waals surface area (Å²) < 4.78 is 0. The smallest absolute Gasteiger partial charge is 0.0399 e. The van der Waals surface area contributed by atoms with E-state index in [9.17, 15) is 0 Å². The van der Waals surface area contributed by atoms with Gasteiger partial charge >= 0.3 is 0 Å². The predicted octanol–water partition coefficient (Wildman–Crippen LogP) is 9.92. The molecule has 192 valence electrons. The summed E-state index contributed by atoms with van der Waals surface area (Å²) in [6, 6.07) is 0.463. The molecule has 0 aromatic rings. The minimum Gasteiger partial charge on any atom is -0.402 e. The molecule has 0 heterocycles. The third-order valence-electron chi connectivity index (χ3n) is 5.84. The first kappa shape index (κ1) is 35.4. The molecule has 0 aliphatic heterocycles. The maximum absolute atomic E-state index is 6.12. The average Bonchev–Trinajstić information content (AvgIpc) is 2.76. The molecular formula is C30H62N2. The van der Waals surface area contributed by atoms with Crippen molar-refractivity contribution in [3.8, 4) is 0 Å². The molecule has 1 unspecified atom stereocenters. The Morgan fingerprint density at radius 3 is 1.66 bits per heavy atom. The van der Waals surface area contributed by atoms with Gasteiger partial charge in [-0.3, -0.25) is 0 Å². The molecule has 0 saturated carbocycles. The van der Waals surface area contributed by atoms with E-state index in [1.54, 1.807) is 0 Å². The van der Waals surface area contributed by atoms with E-state index in [1.165, 1.54) is 68.2 Å². The van der Waals surface area contributed by atoms with Crippen molar-refractivity contribution in [2.45, 2.75) is 147 Å². The molecule has 2 nitrogen and oxygen atoms in total. The summed E-state index contributed by atoms with van der Waals surface area (Å²) in [6.07, 6.45) is 11.7. The maximum Gasteiger partial charge on any atom is 0.0399 e. The molecule has 0 fully saturated rings. The molecule has 0 spiro atoms. The molecular weight excluding hydrogens is 388 g/mol. The van der Waals surface area contributed by atoms with Gasteiger partial charge in [0.25, 0.3) is 0 Å². The van der Waals surface area contributed by atoms with Crippen molar-refractivity contribution in [3.05, 3.63) is 34.7 Å².